The van der Waals surface area contributed by atoms with Gasteiger partial charge in [0.2, 0.25) is 0 Å². The van der Waals surface area contributed by atoms with Crippen LogP contribution < -0.4 is 0 Å². The van der Waals surface area contributed by atoms with Gasteiger partial charge in [-0.15, -0.1) is 0 Å². The molecule has 0 rings (SSSR count). The van der Waals surface area contributed by atoms with Gasteiger partial charge in [-0.1, -0.05) is 18.5 Å². The predicted molar refractivity (Wildman–Crippen MR) is 40.8 cm³/mol. The van der Waals surface area contributed by atoms with Gasteiger partial charge >= 0.3 is 0 Å². The van der Waals surface area contributed by atoms with E-state index in [2.05, 4.69) is 5.18 Å². The fourth-order valence-electron chi connectivity index (χ4n) is 0.950. The van der Waals surface area contributed by atoms with E-state index in [1.165, 1.54) is 0 Å². The summed E-state index contributed by atoms with van der Waals surface area (Å²) in [4.78, 5) is 9.69. The van der Waals surface area contributed by atoms with Crippen molar-refractivity contribution in [3.05, 3.63) is 4.91 Å². The molecule has 0 aromatic rings. The summed E-state index contributed by atoms with van der Waals surface area (Å²) in [5, 5.41) is 12.1. The van der Waals surface area contributed by atoms with Gasteiger partial charge in [0.05, 0.1) is 12.1 Å². The minimum Gasteiger partial charge on any atom is -0.390 e. The maximum atomic E-state index is 9.69. The van der Waals surface area contributed by atoms with Gasteiger partial charge in [0, 0.05) is 0 Å². The number of nitrogens with zero attached hydrogens (tertiary/aromatic N) is 1. The van der Waals surface area contributed by atoms with Crippen molar-refractivity contribution in [3.8, 4) is 0 Å². The van der Waals surface area contributed by atoms with Crippen LogP contribution in [0, 0.1) is 4.91 Å². The van der Waals surface area contributed by atoms with Crippen molar-refractivity contribution >= 4 is 0 Å². The van der Waals surface area contributed by atoms with Crippen LogP contribution in [0.4, 0.5) is 0 Å². The Labute approximate surface area is 61.4 Å². The van der Waals surface area contributed by atoms with E-state index in [0.717, 1.165) is 12.8 Å². The lowest BCUT2D eigenvalue weighted by atomic mass is 9.97. The molecule has 0 unspecified atom stereocenters. The first-order valence-corrected chi connectivity index (χ1v) is 3.64. The molecule has 0 aromatic heterocycles. The van der Waals surface area contributed by atoms with Gasteiger partial charge < -0.3 is 5.11 Å². The Morgan fingerprint density at radius 1 is 1.50 bits per heavy atom. The van der Waals surface area contributed by atoms with Gasteiger partial charge in [0.25, 0.3) is 0 Å². The van der Waals surface area contributed by atoms with Crippen molar-refractivity contribution in [1.29, 1.82) is 0 Å². The van der Waals surface area contributed by atoms with Crippen molar-refractivity contribution < 1.29 is 5.11 Å². The van der Waals surface area contributed by atoms with E-state index in [9.17, 15) is 10.0 Å². The normalized spacial score (nSPS) is 16.3. The number of rotatable bonds is 5. The Morgan fingerprint density at radius 3 is 2.50 bits per heavy atom. The number of nitroso groups, excluding NO2 is 1. The van der Waals surface area contributed by atoms with Crippen molar-refractivity contribution in [2.45, 2.75) is 38.7 Å². The second-order valence-corrected chi connectivity index (χ2v) is 2.85. The first-order chi connectivity index (χ1) is 4.62. The molecule has 0 spiro atoms. The molecule has 0 radical (unpaired) electrons. The third kappa shape index (κ3) is 4.44. The van der Waals surface area contributed by atoms with Crippen molar-refractivity contribution in [2.24, 2.45) is 5.18 Å². The van der Waals surface area contributed by atoms with Crippen LogP contribution in [0.25, 0.3) is 0 Å². The molecule has 10 heavy (non-hydrogen) atoms. The molecule has 0 saturated heterocycles. The molecule has 3 heteroatoms. The van der Waals surface area contributed by atoms with Crippen LogP contribution >= 0.6 is 0 Å². The SMILES string of the molecule is CCC[C@](C)(O)CCN=O. The summed E-state index contributed by atoms with van der Waals surface area (Å²) >= 11 is 0. The van der Waals surface area contributed by atoms with Crippen LogP contribution in [-0.4, -0.2) is 17.3 Å². The van der Waals surface area contributed by atoms with E-state index >= 15 is 0 Å². The molecule has 0 fully saturated rings. The topological polar surface area (TPSA) is 49.7 Å². The van der Waals surface area contributed by atoms with Gasteiger partial charge in [-0.05, 0) is 19.8 Å². The van der Waals surface area contributed by atoms with Gasteiger partial charge in [-0.3, -0.25) is 0 Å². The van der Waals surface area contributed by atoms with Gasteiger partial charge in [-0.2, -0.15) is 4.91 Å². The maximum absolute atomic E-state index is 9.69. The summed E-state index contributed by atoms with van der Waals surface area (Å²) in [5.74, 6) is 0. The molecule has 0 aromatic carbocycles. The Balaban J connectivity index is 3.51. The highest BCUT2D eigenvalue weighted by Gasteiger charge is 2.17. The van der Waals surface area contributed by atoms with Crippen LogP contribution in [0.5, 0.6) is 0 Å². The largest absolute Gasteiger partial charge is 0.390 e. The van der Waals surface area contributed by atoms with Crippen molar-refractivity contribution in [3.63, 3.8) is 0 Å². The Hall–Kier alpha value is -0.440. The van der Waals surface area contributed by atoms with E-state index in [1.807, 2.05) is 6.92 Å². The minimum absolute atomic E-state index is 0.215. The van der Waals surface area contributed by atoms with E-state index in [1.54, 1.807) is 6.92 Å². The second kappa shape index (κ2) is 4.39. The minimum atomic E-state index is -0.692. The van der Waals surface area contributed by atoms with Crippen LogP contribution in [0.3, 0.4) is 0 Å². The highest BCUT2D eigenvalue weighted by molar-refractivity contribution is 4.72. The van der Waals surface area contributed by atoms with Gasteiger partial charge in [0.15, 0.2) is 0 Å². The summed E-state index contributed by atoms with van der Waals surface area (Å²) in [7, 11) is 0. The highest BCUT2D eigenvalue weighted by atomic mass is 16.3. The maximum Gasteiger partial charge on any atom is 0.0838 e. The number of hydrogen-bond donors (Lipinski definition) is 1. The second-order valence-electron chi connectivity index (χ2n) is 2.85. The lowest BCUT2D eigenvalue weighted by molar-refractivity contribution is 0.0438. The molecule has 0 aliphatic heterocycles. The van der Waals surface area contributed by atoms with Gasteiger partial charge in [-0.25, -0.2) is 0 Å². The number of hydrogen-bond acceptors (Lipinski definition) is 3. The van der Waals surface area contributed by atoms with Crippen molar-refractivity contribution in [1.82, 2.24) is 0 Å². The number of aliphatic hydroxyl groups is 1. The fourth-order valence-corrected chi connectivity index (χ4v) is 0.950. The monoisotopic (exact) mass is 145 g/mol. The smallest absolute Gasteiger partial charge is 0.0838 e. The fraction of sp³-hybridized carbons (Fsp3) is 1.00. The Kier molecular flexibility index (Phi) is 4.19. The first-order valence-electron chi connectivity index (χ1n) is 3.64. The zero-order valence-electron chi connectivity index (χ0n) is 6.63. The standard InChI is InChI=1S/C7H15NO2/c1-3-4-7(2,9)5-6-8-10/h9H,3-6H2,1-2H3/t7-/m0/s1. The molecular formula is C7H15NO2. The van der Waals surface area contributed by atoms with Crippen LogP contribution in [0.2, 0.25) is 0 Å². The average molecular weight is 145 g/mol. The summed E-state index contributed by atoms with van der Waals surface area (Å²) in [6.07, 6.45) is 2.15. The van der Waals surface area contributed by atoms with E-state index < -0.39 is 5.60 Å². The van der Waals surface area contributed by atoms with E-state index in [-0.39, 0.29) is 6.54 Å². The molecule has 3 nitrogen and oxygen atoms in total. The van der Waals surface area contributed by atoms with E-state index in [0.29, 0.717) is 6.42 Å². The molecule has 1 N–H and O–H groups in total. The molecule has 0 bridgehead atoms. The van der Waals surface area contributed by atoms with Gasteiger partial charge in [0.1, 0.15) is 0 Å². The lowest BCUT2D eigenvalue weighted by Gasteiger charge is -2.20. The molecular weight excluding hydrogens is 130 g/mol. The summed E-state index contributed by atoms with van der Waals surface area (Å²) in [5.41, 5.74) is -0.692. The first kappa shape index (κ1) is 9.56. The molecule has 0 saturated carbocycles. The Bertz CT molecular complexity index is 102. The molecule has 0 heterocycles. The molecule has 1 atom stereocenters. The highest BCUT2D eigenvalue weighted by Crippen LogP contribution is 2.15. The third-order valence-corrected chi connectivity index (χ3v) is 1.53. The zero-order valence-corrected chi connectivity index (χ0v) is 6.63. The molecule has 0 aliphatic carbocycles. The summed E-state index contributed by atoms with van der Waals surface area (Å²) < 4.78 is 0. The van der Waals surface area contributed by atoms with Crippen molar-refractivity contribution in [2.75, 3.05) is 6.54 Å². The summed E-state index contributed by atoms with van der Waals surface area (Å²) in [6, 6.07) is 0. The Morgan fingerprint density at radius 2 is 2.10 bits per heavy atom. The molecule has 0 amide bonds. The lowest BCUT2D eigenvalue weighted by Crippen LogP contribution is -2.24. The third-order valence-electron chi connectivity index (χ3n) is 1.53. The molecule has 60 valence electrons. The summed E-state index contributed by atoms with van der Waals surface area (Å²) in [6.45, 7) is 3.96. The van der Waals surface area contributed by atoms with E-state index in [4.69, 9.17) is 0 Å². The average Bonchev–Trinajstić information content (AvgIpc) is 1.84. The van der Waals surface area contributed by atoms with Crippen LogP contribution in [0.15, 0.2) is 5.18 Å². The quantitative estimate of drug-likeness (QED) is 0.598. The van der Waals surface area contributed by atoms with Crippen LogP contribution in [0.1, 0.15) is 33.1 Å². The van der Waals surface area contributed by atoms with Crippen LogP contribution in [-0.2, 0) is 0 Å². The molecule has 0 aliphatic rings. The zero-order chi connectivity index (χ0) is 8.04. The predicted octanol–water partition coefficient (Wildman–Crippen LogP) is 1.69.